The number of aliphatic hydroxyl groups is 1. The predicted molar refractivity (Wildman–Crippen MR) is 194 cm³/mol. The molecule has 9 atom stereocenters. The Bertz CT molecular complexity index is 1610. The minimum absolute atomic E-state index is 0.181. The summed E-state index contributed by atoms with van der Waals surface area (Å²) in [7, 11) is 0. The molecule has 2 N–H and O–H groups in total. The molecule has 1 spiro atoms. The summed E-state index contributed by atoms with van der Waals surface area (Å²) in [5.41, 5.74) is 1.85. The molecule has 0 aliphatic carbocycles. The van der Waals surface area contributed by atoms with Gasteiger partial charge in [0.1, 0.15) is 17.7 Å². The quantitative estimate of drug-likeness (QED) is 0.148. The molecular formula is C39H48BrN3O7. The molecule has 3 saturated heterocycles. The first-order valence-corrected chi connectivity index (χ1v) is 18.3. The van der Waals surface area contributed by atoms with Gasteiger partial charge in [0.15, 0.2) is 0 Å². The number of nitrogens with zero attached hydrogens (tertiary/aromatic N) is 2. The van der Waals surface area contributed by atoms with E-state index in [-0.39, 0.29) is 36.2 Å². The van der Waals surface area contributed by atoms with Crippen LogP contribution in [0.3, 0.4) is 0 Å². The fourth-order valence-electron chi connectivity index (χ4n) is 7.96. The van der Waals surface area contributed by atoms with Gasteiger partial charge in [0, 0.05) is 23.5 Å². The zero-order valence-corrected chi connectivity index (χ0v) is 30.8. The van der Waals surface area contributed by atoms with E-state index in [0.717, 1.165) is 11.1 Å². The van der Waals surface area contributed by atoms with Gasteiger partial charge in [-0.3, -0.25) is 19.2 Å². The Morgan fingerprint density at radius 2 is 1.90 bits per heavy atom. The number of alkyl halides is 1. The Balaban J connectivity index is 1.54. The molecule has 11 heteroatoms. The highest BCUT2D eigenvalue weighted by Crippen LogP contribution is 2.61. The third kappa shape index (κ3) is 6.79. The number of likely N-dealkylation sites (tertiary alicyclic amines) is 1. The van der Waals surface area contributed by atoms with Gasteiger partial charge in [-0.25, -0.2) is 0 Å². The second-order valence-electron chi connectivity index (χ2n) is 13.6. The average molecular weight is 751 g/mol. The number of rotatable bonds is 15. The summed E-state index contributed by atoms with van der Waals surface area (Å²) in [5, 5.41) is 13.5. The van der Waals surface area contributed by atoms with Gasteiger partial charge < -0.3 is 29.7 Å². The number of esters is 1. The second kappa shape index (κ2) is 15.6. The highest BCUT2D eigenvalue weighted by molar-refractivity contribution is 9.09. The van der Waals surface area contributed by atoms with Crippen molar-refractivity contribution < 1.29 is 33.8 Å². The third-order valence-corrected chi connectivity index (χ3v) is 11.2. The van der Waals surface area contributed by atoms with E-state index in [4.69, 9.17) is 9.47 Å². The van der Waals surface area contributed by atoms with E-state index in [1.807, 2.05) is 69.3 Å². The highest BCUT2D eigenvalue weighted by atomic mass is 79.9. The molecule has 2 aromatic carbocycles. The zero-order chi connectivity index (χ0) is 36.3. The molecule has 3 aliphatic rings. The van der Waals surface area contributed by atoms with E-state index in [9.17, 15) is 24.3 Å². The molecule has 3 aliphatic heterocycles. The molecule has 0 aromatic heterocycles. The van der Waals surface area contributed by atoms with Gasteiger partial charge in [-0.05, 0) is 62.8 Å². The van der Waals surface area contributed by atoms with Crippen molar-refractivity contribution in [1.82, 2.24) is 10.2 Å². The van der Waals surface area contributed by atoms with Crippen molar-refractivity contribution in [1.29, 1.82) is 0 Å². The maximum atomic E-state index is 15.0. The molecule has 3 heterocycles. The lowest BCUT2D eigenvalue weighted by atomic mass is 9.70. The molecule has 0 radical (unpaired) electrons. The first kappa shape index (κ1) is 37.5. The fourth-order valence-corrected chi connectivity index (χ4v) is 8.90. The van der Waals surface area contributed by atoms with Crippen LogP contribution in [0.1, 0.15) is 62.3 Å². The predicted octanol–water partition coefficient (Wildman–Crippen LogP) is 5.10. The van der Waals surface area contributed by atoms with E-state index in [0.29, 0.717) is 30.5 Å². The van der Waals surface area contributed by atoms with Crippen LogP contribution in [-0.4, -0.2) is 81.5 Å². The lowest BCUT2D eigenvalue weighted by Gasteiger charge is -2.39. The molecule has 3 fully saturated rings. The molecule has 1 unspecified atom stereocenters. The number of carbonyl (C=O) groups is 4. The van der Waals surface area contributed by atoms with Crippen LogP contribution in [0.5, 0.6) is 0 Å². The number of allylic oxidation sites excluding steroid dienone is 1. The zero-order valence-electron chi connectivity index (χ0n) is 29.2. The van der Waals surface area contributed by atoms with Crippen molar-refractivity contribution in [3.63, 3.8) is 0 Å². The Morgan fingerprint density at radius 3 is 2.54 bits per heavy atom. The summed E-state index contributed by atoms with van der Waals surface area (Å²) in [6, 6.07) is 12.6. The summed E-state index contributed by atoms with van der Waals surface area (Å²) >= 11 is 3.74. The summed E-state index contributed by atoms with van der Waals surface area (Å²) in [4.78, 5) is 59.6. The molecule has 50 heavy (non-hydrogen) atoms. The normalized spacial score (nSPS) is 26.9. The number of fused-ring (bicyclic) bond motifs is 1. The Kier molecular flexibility index (Phi) is 11.7. The van der Waals surface area contributed by atoms with E-state index in [1.54, 1.807) is 24.0 Å². The standard InChI is InChI=1S/C39H48BrN3O7/c1-7-10-16-30(45)41-25(6)33(26-14-12-11-13-15-26)49-38(48)31-32-36(46)43(27(9-3)22-44)35(39(32)21-28(40)34(31)50-39)37(47)42(19-8-2)29-20-23(4)17-18-24(29)5/h7-8,11-15,17-18,20,25,27-28,31-35,44H,1-2,9-10,16,19,21-22H2,3-6H3,(H,41,45)/t25-,27+,28?,31-,32+,33-,34-,35-,39+/m1/s1. The van der Waals surface area contributed by atoms with Crippen LogP contribution < -0.4 is 10.2 Å². The van der Waals surface area contributed by atoms with Crippen molar-refractivity contribution in [2.45, 2.75) is 94.1 Å². The van der Waals surface area contributed by atoms with Crippen molar-refractivity contribution >= 4 is 45.3 Å². The number of halogens is 1. The number of aliphatic hydroxyl groups excluding tert-OH is 1. The van der Waals surface area contributed by atoms with E-state index < -0.39 is 59.6 Å². The largest absolute Gasteiger partial charge is 0.455 e. The second-order valence-corrected chi connectivity index (χ2v) is 14.8. The van der Waals surface area contributed by atoms with Gasteiger partial charge in [0.05, 0.1) is 36.6 Å². The first-order valence-electron chi connectivity index (χ1n) is 17.3. The van der Waals surface area contributed by atoms with Crippen LogP contribution in [0.4, 0.5) is 5.69 Å². The van der Waals surface area contributed by atoms with E-state index in [2.05, 4.69) is 34.4 Å². The maximum absolute atomic E-state index is 15.0. The van der Waals surface area contributed by atoms with Crippen LogP contribution in [0.15, 0.2) is 73.8 Å². The molecule has 2 bridgehead atoms. The van der Waals surface area contributed by atoms with Gasteiger partial charge in [-0.15, -0.1) is 13.2 Å². The van der Waals surface area contributed by atoms with E-state index >= 15 is 0 Å². The summed E-state index contributed by atoms with van der Waals surface area (Å²) in [6.07, 6.45) is 3.13. The number of carbonyl (C=O) groups excluding carboxylic acids is 4. The van der Waals surface area contributed by atoms with Crippen molar-refractivity contribution in [2.75, 3.05) is 18.1 Å². The topological polar surface area (TPSA) is 125 Å². The average Bonchev–Trinajstić information content (AvgIpc) is 3.70. The monoisotopic (exact) mass is 749 g/mol. The first-order chi connectivity index (χ1) is 23.9. The Morgan fingerprint density at radius 1 is 1.18 bits per heavy atom. The highest BCUT2D eigenvalue weighted by Gasteiger charge is 2.77. The van der Waals surface area contributed by atoms with Gasteiger partial charge in [-0.2, -0.15) is 0 Å². The van der Waals surface area contributed by atoms with Crippen LogP contribution in [-0.2, 0) is 28.7 Å². The maximum Gasteiger partial charge on any atom is 0.313 e. The molecule has 3 amide bonds. The minimum atomic E-state index is -1.36. The van der Waals surface area contributed by atoms with Gasteiger partial charge in [0.25, 0.3) is 5.91 Å². The third-order valence-electron chi connectivity index (χ3n) is 10.3. The van der Waals surface area contributed by atoms with E-state index in [1.165, 1.54) is 4.90 Å². The Hall–Kier alpha value is -3.80. The lowest BCUT2D eigenvalue weighted by Crippen LogP contribution is -2.59. The van der Waals surface area contributed by atoms with Crippen molar-refractivity contribution in [3.8, 4) is 0 Å². The summed E-state index contributed by atoms with van der Waals surface area (Å²) in [5.74, 6) is -3.71. The smallest absolute Gasteiger partial charge is 0.313 e. The fraction of sp³-hybridized carbons (Fsp3) is 0.487. The molecule has 268 valence electrons. The number of hydrogen-bond acceptors (Lipinski definition) is 7. The summed E-state index contributed by atoms with van der Waals surface area (Å²) in [6.45, 7) is 14.9. The van der Waals surface area contributed by atoms with Crippen LogP contribution in [0.2, 0.25) is 0 Å². The van der Waals surface area contributed by atoms with Crippen LogP contribution in [0, 0.1) is 25.7 Å². The van der Waals surface area contributed by atoms with Crippen molar-refractivity contribution in [3.05, 3.63) is 90.5 Å². The number of amides is 3. The molecule has 10 nitrogen and oxygen atoms in total. The number of anilines is 1. The van der Waals surface area contributed by atoms with Crippen molar-refractivity contribution in [2.24, 2.45) is 11.8 Å². The molecule has 5 rings (SSSR count). The number of aryl methyl sites for hydroxylation is 2. The molecule has 0 saturated carbocycles. The summed E-state index contributed by atoms with van der Waals surface area (Å²) < 4.78 is 13.0. The van der Waals surface area contributed by atoms with Crippen LogP contribution in [0.25, 0.3) is 0 Å². The minimum Gasteiger partial charge on any atom is -0.455 e. The number of ether oxygens (including phenoxy) is 2. The van der Waals surface area contributed by atoms with Gasteiger partial charge >= 0.3 is 5.97 Å². The van der Waals surface area contributed by atoms with Gasteiger partial charge in [0.2, 0.25) is 11.8 Å². The molecular weight excluding hydrogens is 702 g/mol. The van der Waals surface area contributed by atoms with Gasteiger partial charge in [-0.1, -0.05) is 77.5 Å². The van der Waals surface area contributed by atoms with Crippen LogP contribution >= 0.6 is 15.9 Å². The number of hydrogen-bond donors (Lipinski definition) is 2. The SMILES string of the molecule is C=CCCC(=O)N[C@H](C)[C@@H](OC(=O)[C@H]1[C@@H]2O[C@@]3(CC2Br)[C@@H]1C(=O)N([C@@H](CC)CO)[C@@H]3C(=O)N(CC=C)c1cc(C)ccc1C)c1ccccc1. The number of nitrogens with one attached hydrogen (secondary N) is 1. The number of benzene rings is 2. The lowest BCUT2D eigenvalue weighted by molar-refractivity contribution is -0.162. The molecule has 2 aromatic rings. The Labute approximate surface area is 303 Å².